The molecule has 0 radical (unpaired) electrons. The number of ether oxygens (including phenoxy) is 1. The van der Waals surface area contributed by atoms with Crippen molar-refractivity contribution in [2.45, 2.75) is 26.2 Å². The minimum absolute atomic E-state index is 0.0478. The summed E-state index contributed by atoms with van der Waals surface area (Å²) in [6.07, 6.45) is 1.93. The molecular weight excluding hydrogens is 360 g/mol. The average Bonchev–Trinajstić information content (AvgIpc) is 3.32. The summed E-state index contributed by atoms with van der Waals surface area (Å²) in [6, 6.07) is 14.2. The van der Waals surface area contributed by atoms with Crippen LogP contribution >= 0.6 is 11.3 Å². The van der Waals surface area contributed by atoms with Crippen LogP contribution in [0.25, 0.3) is 10.8 Å². The first kappa shape index (κ1) is 19.3. The zero-order valence-electron chi connectivity index (χ0n) is 15.4. The third-order valence-corrected chi connectivity index (χ3v) is 4.98. The van der Waals surface area contributed by atoms with E-state index in [0.29, 0.717) is 37.1 Å². The quantitative estimate of drug-likeness (QED) is 0.536. The van der Waals surface area contributed by atoms with Crippen LogP contribution in [-0.2, 0) is 22.4 Å². The number of rotatable bonds is 10. The molecule has 0 fully saturated rings. The molecule has 142 valence electrons. The van der Waals surface area contributed by atoms with Crippen molar-refractivity contribution in [3.8, 4) is 10.8 Å². The van der Waals surface area contributed by atoms with Crippen LogP contribution in [0.15, 0.2) is 52.3 Å². The third kappa shape index (κ3) is 6.05. The lowest BCUT2D eigenvalue weighted by Crippen LogP contribution is -2.27. The molecule has 0 aliphatic carbocycles. The first-order valence-corrected chi connectivity index (χ1v) is 9.99. The molecule has 1 aromatic carbocycles. The minimum Gasteiger partial charge on any atom is -0.440 e. The van der Waals surface area contributed by atoms with Crippen LogP contribution in [0.5, 0.6) is 0 Å². The topological polar surface area (TPSA) is 64.4 Å². The summed E-state index contributed by atoms with van der Waals surface area (Å²) in [5, 5.41) is 4.89. The van der Waals surface area contributed by atoms with E-state index in [2.05, 4.69) is 22.4 Å². The van der Waals surface area contributed by atoms with Crippen molar-refractivity contribution >= 4 is 17.2 Å². The number of thiophene rings is 1. The van der Waals surface area contributed by atoms with Crippen LogP contribution in [0, 0.1) is 6.92 Å². The number of nitrogens with zero attached hydrogens (tertiary/aromatic N) is 1. The molecule has 2 heterocycles. The van der Waals surface area contributed by atoms with Crippen LogP contribution in [0.1, 0.15) is 23.4 Å². The van der Waals surface area contributed by atoms with E-state index in [1.54, 1.807) is 11.3 Å². The van der Waals surface area contributed by atoms with Gasteiger partial charge in [-0.1, -0.05) is 36.4 Å². The summed E-state index contributed by atoms with van der Waals surface area (Å²) in [7, 11) is 0. The Morgan fingerprint density at radius 3 is 2.81 bits per heavy atom. The number of carbonyl (C=O) groups is 1. The average molecular weight is 385 g/mol. The number of aromatic nitrogens is 1. The van der Waals surface area contributed by atoms with E-state index >= 15 is 0 Å². The van der Waals surface area contributed by atoms with Gasteiger partial charge in [0.15, 0.2) is 0 Å². The number of oxazole rings is 1. The van der Waals surface area contributed by atoms with Crippen LogP contribution in [-0.4, -0.2) is 30.6 Å². The molecule has 3 rings (SSSR count). The Bertz CT molecular complexity index is 829. The Kier molecular flexibility index (Phi) is 7.19. The second-order valence-electron chi connectivity index (χ2n) is 6.23. The van der Waals surface area contributed by atoms with E-state index in [4.69, 9.17) is 9.15 Å². The molecule has 3 aromatic rings. The summed E-state index contributed by atoms with van der Waals surface area (Å²) in [5.41, 5.74) is 1.96. The molecule has 1 N–H and O–H groups in total. The van der Waals surface area contributed by atoms with Gasteiger partial charge in [-0.05, 0) is 36.8 Å². The number of aryl methyl sites for hydroxylation is 1. The lowest BCUT2D eigenvalue weighted by Gasteiger charge is -2.06. The number of nitrogens with one attached hydrogen (secondary N) is 1. The molecule has 0 aliphatic rings. The van der Waals surface area contributed by atoms with Crippen molar-refractivity contribution in [1.29, 1.82) is 0 Å². The fraction of sp³-hybridized carbons (Fsp3) is 0.333. The number of benzene rings is 1. The van der Waals surface area contributed by atoms with E-state index in [0.717, 1.165) is 17.7 Å². The van der Waals surface area contributed by atoms with Gasteiger partial charge in [0, 0.05) is 13.2 Å². The van der Waals surface area contributed by atoms with Crippen LogP contribution in [0.3, 0.4) is 0 Å². The van der Waals surface area contributed by atoms with E-state index < -0.39 is 0 Å². The maximum atomic E-state index is 12.1. The van der Waals surface area contributed by atoms with Gasteiger partial charge in [-0.25, -0.2) is 4.98 Å². The van der Waals surface area contributed by atoms with E-state index in [9.17, 15) is 4.79 Å². The highest BCUT2D eigenvalue weighted by atomic mass is 32.1. The predicted octanol–water partition coefficient (Wildman–Crippen LogP) is 4.02. The van der Waals surface area contributed by atoms with E-state index in [1.807, 2.05) is 42.6 Å². The van der Waals surface area contributed by atoms with Gasteiger partial charge in [0.25, 0.3) is 0 Å². The van der Waals surface area contributed by atoms with Gasteiger partial charge in [-0.15, -0.1) is 11.3 Å². The van der Waals surface area contributed by atoms with E-state index in [1.165, 1.54) is 5.56 Å². The number of amides is 1. The van der Waals surface area contributed by atoms with Crippen molar-refractivity contribution in [2.75, 3.05) is 19.8 Å². The summed E-state index contributed by atoms with van der Waals surface area (Å²) in [6.45, 7) is 3.77. The molecule has 1 amide bonds. The smallest absolute Gasteiger partial charge is 0.236 e. The van der Waals surface area contributed by atoms with Crippen molar-refractivity contribution in [2.24, 2.45) is 0 Å². The highest BCUT2D eigenvalue weighted by molar-refractivity contribution is 7.13. The number of hydrogen-bond donors (Lipinski definition) is 1. The molecule has 0 aliphatic heterocycles. The molecule has 2 aromatic heterocycles. The fourth-order valence-electron chi connectivity index (χ4n) is 2.65. The lowest BCUT2D eigenvalue weighted by molar-refractivity contribution is -0.120. The standard InChI is InChI=1S/C21H24N2O3S/c1-16-18(23-21(26-16)19-9-5-14-27-19)15-20(24)22-11-6-12-25-13-10-17-7-3-2-4-8-17/h2-5,7-9,14H,6,10-13,15H2,1H3,(H,22,24). The summed E-state index contributed by atoms with van der Waals surface area (Å²) in [4.78, 5) is 17.5. The van der Waals surface area contributed by atoms with Gasteiger partial charge in [0.05, 0.1) is 23.6 Å². The van der Waals surface area contributed by atoms with Crippen molar-refractivity contribution in [3.63, 3.8) is 0 Å². The summed E-state index contributed by atoms with van der Waals surface area (Å²) < 4.78 is 11.3. The zero-order chi connectivity index (χ0) is 18.9. The van der Waals surface area contributed by atoms with Gasteiger partial charge in [0.1, 0.15) is 5.76 Å². The Morgan fingerprint density at radius 2 is 2.04 bits per heavy atom. The minimum atomic E-state index is -0.0478. The normalized spacial score (nSPS) is 10.9. The largest absolute Gasteiger partial charge is 0.440 e. The number of carbonyl (C=O) groups excluding carboxylic acids is 1. The molecule has 0 atom stereocenters. The lowest BCUT2D eigenvalue weighted by atomic mass is 10.2. The Hall–Kier alpha value is -2.44. The first-order chi connectivity index (χ1) is 13.2. The van der Waals surface area contributed by atoms with E-state index in [-0.39, 0.29) is 12.3 Å². The predicted molar refractivity (Wildman–Crippen MR) is 107 cm³/mol. The Balaban J connectivity index is 1.31. The van der Waals surface area contributed by atoms with Gasteiger partial charge in [-0.3, -0.25) is 4.79 Å². The molecule has 27 heavy (non-hydrogen) atoms. The number of hydrogen-bond acceptors (Lipinski definition) is 5. The molecule has 0 saturated carbocycles. The van der Waals surface area contributed by atoms with Gasteiger partial charge in [-0.2, -0.15) is 0 Å². The molecule has 0 bridgehead atoms. The molecule has 0 spiro atoms. The molecular formula is C21H24N2O3S. The molecule has 5 nitrogen and oxygen atoms in total. The Labute approximate surface area is 163 Å². The maximum Gasteiger partial charge on any atom is 0.236 e. The van der Waals surface area contributed by atoms with Crippen molar-refractivity contribution in [1.82, 2.24) is 10.3 Å². The fourth-order valence-corrected chi connectivity index (χ4v) is 3.30. The second kappa shape index (κ2) is 10.0. The highest BCUT2D eigenvalue weighted by Gasteiger charge is 2.14. The molecule has 6 heteroatoms. The van der Waals surface area contributed by atoms with Crippen LogP contribution in [0.4, 0.5) is 0 Å². The molecule has 0 saturated heterocycles. The van der Waals surface area contributed by atoms with Crippen LogP contribution < -0.4 is 5.32 Å². The van der Waals surface area contributed by atoms with Crippen molar-refractivity contribution in [3.05, 3.63) is 64.9 Å². The summed E-state index contributed by atoms with van der Waals surface area (Å²) in [5.74, 6) is 1.23. The highest BCUT2D eigenvalue weighted by Crippen LogP contribution is 2.25. The monoisotopic (exact) mass is 384 g/mol. The van der Waals surface area contributed by atoms with Crippen LogP contribution in [0.2, 0.25) is 0 Å². The van der Waals surface area contributed by atoms with Gasteiger partial charge < -0.3 is 14.5 Å². The van der Waals surface area contributed by atoms with Gasteiger partial charge >= 0.3 is 0 Å². The van der Waals surface area contributed by atoms with Gasteiger partial charge in [0.2, 0.25) is 11.8 Å². The molecule has 0 unspecified atom stereocenters. The summed E-state index contributed by atoms with van der Waals surface area (Å²) >= 11 is 1.57. The second-order valence-corrected chi connectivity index (χ2v) is 7.18. The maximum absolute atomic E-state index is 12.1. The third-order valence-electron chi connectivity index (χ3n) is 4.12. The SMILES string of the molecule is Cc1oc(-c2cccs2)nc1CC(=O)NCCCOCCc1ccccc1. The van der Waals surface area contributed by atoms with Crippen molar-refractivity contribution < 1.29 is 13.9 Å². The zero-order valence-corrected chi connectivity index (χ0v) is 16.3. The first-order valence-electron chi connectivity index (χ1n) is 9.11. The Morgan fingerprint density at radius 1 is 1.19 bits per heavy atom.